The van der Waals surface area contributed by atoms with Crippen LogP contribution in [-0.4, -0.2) is 95.1 Å². The number of fused-ring (bicyclic) bond motifs is 3. The Hall–Kier alpha value is -4.46. The average Bonchev–Trinajstić information content (AvgIpc) is 3.09. The molecule has 0 radical (unpaired) electrons. The minimum Gasteiger partial charge on any atom is -0.507 e. The van der Waals surface area contributed by atoms with Gasteiger partial charge in [-0.25, -0.2) is 0 Å². The summed E-state index contributed by atoms with van der Waals surface area (Å²) in [6, 6.07) is 9.26. The number of hydrogen-bond acceptors (Lipinski definition) is 16. The van der Waals surface area contributed by atoms with Crippen LogP contribution < -0.4 is 16.1 Å². The van der Waals surface area contributed by atoms with E-state index < -0.39 is 106 Å². The molecule has 51 heavy (non-hydrogen) atoms. The number of benzene rings is 3. The molecular weight excluding hydrogens is 690 g/mol. The van der Waals surface area contributed by atoms with Gasteiger partial charge in [-0.2, -0.15) is 19.1 Å². The Bertz CT molecular complexity index is 2020. The van der Waals surface area contributed by atoms with Crippen molar-refractivity contribution in [2.45, 2.75) is 74.3 Å². The Morgan fingerprint density at radius 2 is 1.76 bits per heavy atom. The van der Waals surface area contributed by atoms with Crippen molar-refractivity contribution in [1.29, 1.82) is 0 Å². The summed E-state index contributed by atoms with van der Waals surface area (Å²) in [5.41, 5.74) is 4.46. The molecule has 6 rings (SSSR count). The van der Waals surface area contributed by atoms with Crippen LogP contribution in [0.2, 0.25) is 0 Å². The van der Waals surface area contributed by atoms with Gasteiger partial charge in [0.15, 0.2) is 12.1 Å². The van der Waals surface area contributed by atoms with E-state index in [1.54, 1.807) is 26.0 Å². The van der Waals surface area contributed by atoms with E-state index in [2.05, 4.69) is 5.10 Å². The minimum absolute atomic E-state index is 0.0390. The van der Waals surface area contributed by atoms with E-state index in [-0.39, 0.29) is 39.3 Å². The summed E-state index contributed by atoms with van der Waals surface area (Å²) < 4.78 is 47.6. The summed E-state index contributed by atoms with van der Waals surface area (Å²) in [7, 11) is -3.09. The number of ketones is 2. The Balaban J connectivity index is 1.43. The molecule has 8 N–H and O–H groups in total. The van der Waals surface area contributed by atoms with Gasteiger partial charge in [-0.3, -0.25) is 9.59 Å². The Morgan fingerprint density at radius 3 is 2.41 bits per heavy atom. The second-order valence-electron chi connectivity index (χ2n) is 12.7. The molecule has 1 saturated heterocycles. The van der Waals surface area contributed by atoms with Crippen LogP contribution in [0, 0.1) is 6.92 Å². The first-order valence-electron chi connectivity index (χ1n) is 15.9. The lowest BCUT2D eigenvalue weighted by molar-refractivity contribution is -0.245. The van der Waals surface area contributed by atoms with Crippen LogP contribution in [0.15, 0.2) is 52.5 Å². The number of carbonyl (C=O) groups is 2. The average molecular weight is 728 g/mol. The van der Waals surface area contributed by atoms with Gasteiger partial charge >= 0.3 is 10.1 Å². The number of nitrogens with two attached hydrogens (primary N) is 1. The van der Waals surface area contributed by atoms with Crippen molar-refractivity contribution >= 4 is 27.4 Å². The number of rotatable bonds is 9. The molecule has 6 atom stereocenters. The summed E-state index contributed by atoms with van der Waals surface area (Å²) in [4.78, 5) is 27.6. The summed E-state index contributed by atoms with van der Waals surface area (Å²) in [5, 5.41) is 60.1. The lowest BCUT2D eigenvalue weighted by Gasteiger charge is -2.43. The van der Waals surface area contributed by atoms with Gasteiger partial charge in [0.1, 0.15) is 22.8 Å². The zero-order chi connectivity index (χ0) is 37.0. The topological polar surface area (TPSA) is 257 Å². The van der Waals surface area contributed by atoms with E-state index in [4.69, 9.17) is 24.2 Å². The first-order chi connectivity index (χ1) is 24.1. The first-order valence-corrected chi connectivity index (χ1v) is 17.3. The molecule has 0 bridgehead atoms. The standard InChI is InChI=1S/C34H37N3O13S/c1-15-7-9-17(10-8-15)51(45,46)50-37-36-23(14-38)34(44)12-19-26(22(13-34)49-24-11-20(35)29(39)16(2)48-24)33(43)28-27(31(19)41)30(40)18-5-4-6-21(47-3)25(18)32(28)42/h4-10,16,20,22,24,29,37-39,41,43-44H,11-14,35H2,1-3H3/b36-23+/t16-,20-,22-,24-,29+,34-/m0/s1. The number of hydrogen-bond donors (Lipinski definition) is 7. The number of carbonyl (C=O) groups excluding carboxylic acids is 2. The van der Waals surface area contributed by atoms with Crippen molar-refractivity contribution in [3.8, 4) is 17.2 Å². The van der Waals surface area contributed by atoms with Gasteiger partial charge in [0, 0.05) is 42.0 Å². The number of aromatic hydroxyl groups is 2. The third kappa shape index (κ3) is 6.36. The Labute approximate surface area is 292 Å². The van der Waals surface area contributed by atoms with Gasteiger partial charge in [0.2, 0.25) is 5.78 Å². The van der Waals surface area contributed by atoms with Crippen LogP contribution in [-0.2, 0) is 30.3 Å². The number of aliphatic hydroxyl groups is 3. The van der Waals surface area contributed by atoms with Gasteiger partial charge < -0.3 is 45.5 Å². The van der Waals surface area contributed by atoms with Crippen LogP contribution in [0.1, 0.15) is 74.4 Å². The number of phenols is 2. The molecule has 1 aliphatic heterocycles. The molecular formula is C34H37N3O13S. The maximum Gasteiger partial charge on any atom is 0.318 e. The summed E-state index contributed by atoms with van der Waals surface area (Å²) in [6.45, 7) is 2.37. The lowest BCUT2D eigenvalue weighted by atomic mass is 9.71. The molecule has 1 heterocycles. The maximum absolute atomic E-state index is 13.9. The third-order valence-corrected chi connectivity index (χ3v) is 10.6. The van der Waals surface area contributed by atoms with Crippen LogP contribution >= 0.6 is 0 Å². The molecule has 3 aliphatic rings. The maximum atomic E-state index is 13.9. The van der Waals surface area contributed by atoms with E-state index in [1.165, 1.54) is 37.4 Å². The fraction of sp³-hybridized carbons (Fsp3) is 0.382. The number of phenolic OH excluding ortho intramolecular Hbond substituents is 2. The van der Waals surface area contributed by atoms with E-state index >= 15 is 0 Å². The van der Waals surface area contributed by atoms with E-state index in [9.17, 15) is 43.5 Å². The number of nitrogens with one attached hydrogen (secondary N) is 1. The Kier molecular flexibility index (Phi) is 9.68. The SMILES string of the molecule is COc1cccc2c1C(=O)c1c(O)c3c(c(O)c1C2=O)C[C@@](O)(/C(CO)=N/NOS(=O)(=O)c1ccc(C)cc1)C[C@@H]3O[C@H]1C[C@H](N)[C@H](O)[C@H](C)O1. The molecule has 0 saturated carbocycles. The van der Waals surface area contributed by atoms with Gasteiger partial charge in [-0.05, 0) is 32.0 Å². The second-order valence-corrected chi connectivity index (χ2v) is 14.3. The predicted octanol–water partition coefficient (Wildman–Crippen LogP) is 1.01. The molecule has 2 aliphatic carbocycles. The quantitative estimate of drug-likeness (QED) is 0.0721. The fourth-order valence-electron chi connectivity index (χ4n) is 6.77. The largest absolute Gasteiger partial charge is 0.507 e. The van der Waals surface area contributed by atoms with E-state index in [1.807, 2.05) is 5.59 Å². The van der Waals surface area contributed by atoms with Crippen molar-refractivity contribution in [3.63, 3.8) is 0 Å². The molecule has 1 fully saturated rings. The van der Waals surface area contributed by atoms with Crippen LogP contribution in [0.3, 0.4) is 0 Å². The van der Waals surface area contributed by atoms with Crippen molar-refractivity contribution in [3.05, 3.63) is 81.4 Å². The number of nitrogens with zero attached hydrogens (tertiary/aromatic N) is 1. The number of hydrazone groups is 1. The molecule has 272 valence electrons. The first kappa shape index (κ1) is 36.3. The third-order valence-electron chi connectivity index (χ3n) is 9.47. The molecule has 0 spiro atoms. The smallest absolute Gasteiger partial charge is 0.318 e. The number of aryl methyl sites for hydroxylation is 1. The lowest BCUT2D eigenvalue weighted by Crippen LogP contribution is -2.53. The van der Waals surface area contributed by atoms with Crippen molar-refractivity contribution < 1.29 is 62.0 Å². The highest BCUT2D eigenvalue weighted by Crippen LogP contribution is 2.52. The van der Waals surface area contributed by atoms with Crippen molar-refractivity contribution in [2.24, 2.45) is 10.8 Å². The summed E-state index contributed by atoms with van der Waals surface area (Å²) in [5.74, 6) is -3.01. The van der Waals surface area contributed by atoms with Gasteiger partial charge in [0.25, 0.3) is 0 Å². The monoisotopic (exact) mass is 727 g/mol. The fourth-order valence-corrected chi connectivity index (χ4v) is 7.47. The summed E-state index contributed by atoms with van der Waals surface area (Å²) >= 11 is 0. The predicted molar refractivity (Wildman–Crippen MR) is 177 cm³/mol. The molecule has 3 aromatic rings. The van der Waals surface area contributed by atoms with E-state index in [0.29, 0.717) is 0 Å². The van der Waals surface area contributed by atoms with Crippen molar-refractivity contribution in [2.75, 3.05) is 13.7 Å². The molecule has 17 heteroatoms. The molecule has 0 unspecified atom stereocenters. The van der Waals surface area contributed by atoms with Crippen LogP contribution in [0.5, 0.6) is 17.2 Å². The summed E-state index contributed by atoms with van der Waals surface area (Å²) in [6.07, 6.45) is -5.53. The van der Waals surface area contributed by atoms with Crippen molar-refractivity contribution in [1.82, 2.24) is 5.59 Å². The van der Waals surface area contributed by atoms with E-state index in [0.717, 1.165) is 5.56 Å². The van der Waals surface area contributed by atoms with Crippen LogP contribution in [0.25, 0.3) is 0 Å². The van der Waals surface area contributed by atoms with Gasteiger partial charge in [-0.1, -0.05) is 29.8 Å². The molecule has 0 amide bonds. The highest BCUT2D eigenvalue weighted by atomic mass is 32.2. The number of aliphatic hydroxyl groups excluding tert-OH is 2. The highest BCUT2D eigenvalue weighted by molar-refractivity contribution is 7.86. The van der Waals surface area contributed by atoms with Gasteiger partial charge in [-0.15, -0.1) is 4.28 Å². The minimum atomic E-state index is -4.39. The Morgan fingerprint density at radius 1 is 1.08 bits per heavy atom. The zero-order valence-electron chi connectivity index (χ0n) is 27.7. The molecule has 3 aromatic carbocycles. The van der Waals surface area contributed by atoms with Gasteiger partial charge in [0.05, 0.1) is 59.3 Å². The van der Waals surface area contributed by atoms with Crippen LogP contribution in [0.4, 0.5) is 0 Å². The molecule has 16 nitrogen and oxygen atoms in total. The zero-order valence-corrected chi connectivity index (χ0v) is 28.5. The second kappa shape index (κ2) is 13.6. The highest BCUT2D eigenvalue weighted by Gasteiger charge is 2.49. The molecule has 0 aromatic heterocycles. The normalized spacial score (nSPS) is 26.3. The number of methoxy groups -OCH3 is 1. The number of ether oxygens (including phenoxy) is 3.